The molecule has 0 unspecified atom stereocenters. The van der Waals surface area contributed by atoms with Gasteiger partial charge in [-0.3, -0.25) is 0 Å². The molecule has 0 fully saturated rings. The van der Waals surface area contributed by atoms with Crippen LogP contribution in [0, 0.1) is 6.61 Å². The van der Waals surface area contributed by atoms with Crippen LogP contribution in [0.25, 0.3) is 0 Å². The molecule has 1 radical (unpaired) electrons. The Balaban J connectivity index is 3.13. The highest BCUT2D eigenvalue weighted by molar-refractivity contribution is 7.98. The number of hydrogen-bond donors (Lipinski definition) is 1. The van der Waals surface area contributed by atoms with Gasteiger partial charge in [0.25, 0.3) is 0 Å². The van der Waals surface area contributed by atoms with Crippen molar-refractivity contribution < 1.29 is 5.11 Å². The lowest BCUT2D eigenvalue weighted by atomic mass is 10.1. The second-order valence-corrected chi connectivity index (χ2v) is 3.36. The largest absolute Gasteiger partial charge is 0.385 e. The molecule has 0 bridgehead atoms. The van der Waals surface area contributed by atoms with E-state index in [9.17, 15) is 0 Å². The molecule has 1 aromatic rings. The van der Waals surface area contributed by atoms with Gasteiger partial charge >= 0.3 is 0 Å². The van der Waals surface area contributed by atoms with Crippen LogP contribution in [0.4, 0.5) is 0 Å². The fourth-order valence-corrected chi connectivity index (χ4v) is 2.00. The molecule has 0 aliphatic carbocycles. The van der Waals surface area contributed by atoms with E-state index in [0.29, 0.717) is 0 Å². The average molecular weight is 181 g/mol. The van der Waals surface area contributed by atoms with Gasteiger partial charge < -0.3 is 5.11 Å². The molecule has 0 atom stereocenters. The van der Waals surface area contributed by atoms with Gasteiger partial charge in [0.1, 0.15) is 6.61 Å². The van der Waals surface area contributed by atoms with Crippen molar-refractivity contribution in [3.63, 3.8) is 0 Å². The summed E-state index contributed by atoms with van der Waals surface area (Å²) in [6.07, 6.45) is 3.01. The van der Waals surface area contributed by atoms with E-state index in [-0.39, 0.29) is 0 Å². The summed E-state index contributed by atoms with van der Waals surface area (Å²) < 4.78 is 0. The molecule has 0 aliphatic rings. The van der Waals surface area contributed by atoms with Crippen molar-refractivity contribution in [1.29, 1.82) is 0 Å². The van der Waals surface area contributed by atoms with E-state index in [2.05, 4.69) is 19.2 Å². The van der Waals surface area contributed by atoms with Gasteiger partial charge in [-0.1, -0.05) is 19.1 Å². The lowest BCUT2D eigenvalue weighted by molar-refractivity contribution is 0.413. The number of benzene rings is 1. The Kier molecular flexibility index (Phi) is 3.63. The van der Waals surface area contributed by atoms with Crippen LogP contribution >= 0.6 is 11.8 Å². The van der Waals surface area contributed by atoms with Gasteiger partial charge in [0, 0.05) is 4.90 Å². The first-order chi connectivity index (χ1) is 5.83. The summed E-state index contributed by atoms with van der Waals surface area (Å²) in [4.78, 5) is 1.25. The van der Waals surface area contributed by atoms with Crippen LogP contribution in [0.2, 0.25) is 0 Å². The predicted molar refractivity (Wildman–Crippen MR) is 52.9 cm³/mol. The van der Waals surface area contributed by atoms with Crippen LogP contribution in [0.15, 0.2) is 23.1 Å². The highest BCUT2D eigenvalue weighted by Gasteiger charge is 2.04. The first-order valence-electron chi connectivity index (χ1n) is 3.96. The Bertz CT molecular complexity index is 236. The number of thioether (sulfide) groups is 1. The number of aliphatic hydroxyl groups is 1. The van der Waals surface area contributed by atoms with Crippen LogP contribution in [0.5, 0.6) is 0 Å². The Hall–Kier alpha value is -0.470. The first kappa shape index (κ1) is 9.62. The summed E-state index contributed by atoms with van der Waals surface area (Å²) >= 11 is 1.72. The van der Waals surface area contributed by atoms with E-state index in [0.717, 1.165) is 12.0 Å². The molecule has 0 spiro atoms. The van der Waals surface area contributed by atoms with Crippen molar-refractivity contribution in [1.82, 2.24) is 0 Å². The SMILES string of the molecule is CCc1c([CH]O)cccc1SC. The Morgan fingerprint density at radius 3 is 2.75 bits per heavy atom. The van der Waals surface area contributed by atoms with E-state index in [1.54, 1.807) is 11.8 Å². The number of aliphatic hydroxyl groups excluding tert-OH is 1. The third kappa shape index (κ3) is 1.82. The van der Waals surface area contributed by atoms with E-state index in [1.807, 2.05) is 12.1 Å². The second kappa shape index (κ2) is 4.53. The fraction of sp³-hybridized carbons (Fsp3) is 0.300. The summed E-state index contributed by atoms with van der Waals surface area (Å²) in [5, 5.41) is 8.94. The normalized spacial score (nSPS) is 10.2. The third-order valence-corrected chi connectivity index (χ3v) is 2.70. The van der Waals surface area contributed by atoms with E-state index in [4.69, 9.17) is 5.11 Å². The lowest BCUT2D eigenvalue weighted by Crippen LogP contribution is -1.92. The maximum atomic E-state index is 8.94. The van der Waals surface area contributed by atoms with Crippen LogP contribution in [0.1, 0.15) is 18.1 Å². The van der Waals surface area contributed by atoms with Crippen molar-refractivity contribution in [2.24, 2.45) is 0 Å². The highest BCUT2D eigenvalue weighted by atomic mass is 32.2. The molecule has 1 aromatic carbocycles. The van der Waals surface area contributed by atoms with Gasteiger partial charge in [-0.25, -0.2) is 0 Å². The molecule has 0 saturated heterocycles. The first-order valence-corrected chi connectivity index (χ1v) is 5.19. The Morgan fingerprint density at radius 2 is 2.25 bits per heavy atom. The summed E-state index contributed by atoms with van der Waals surface area (Å²) in [5.41, 5.74) is 2.16. The maximum Gasteiger partial charge on any atom is 0.109 e. The standard InChI is InChI=1S/C10H13OS/c1-3-9-8(7-11)5-4-6-10(9)12-2/h4-7,11H,3H2,1-2H3. The van der Waals surface area contributed by atoms with Crippen molar-refractivity contribution in [2.45, 2.75) is 18.2 Å². The molecule has 1 nitrogen and oxygen atoms in total. The molecule has 2 heteroatoms. The molecular formula is C10H13OS. The zero-order chi connectivity index (χ0) is 8.97. The Labute approximate surface area is 77.8 Å². The van der Waals surface area contributed by atoms with Gasteiger partial charge in [0.15, 0.2) is 0 Å². The van der Waals surface area contributed by atoms with Gasteiger partial charge in [0.05, 0.1) is 0 Å². The van der Waals surface area contributed by atoms with Crippen LogP contribution < -0.4 is 0 Å². The molecule has 0 saturated carbocycles. The van der Waals surface area contributed by atoms with Gasteiger partial charge in [-0.05, 0) is 29.9 Å². The van der Waals surface area contributed by atoms with Gasteiger partial charge in [-0.2, -0.15) is 0 Å². The monoisotopic (exact) mass is 181 g/mol. The molecule has 0 aromatic heterocycles. The predicted octanol–water partition coefficient (Wildman–Crippen LogP) is 2.85. The summed E-state index contributed by atoms with van der Waals surface area (Å²) in [6.45, 7) is 3.28. The van der Waals surface area contributed by atoms with E-state index >= 15 is 0 Å². The van der Waals surface area contributed by atoms with Gasteiger partial charge in [0.2, 0.25) is 0 Å². The molecule has 0 amide bonds. The zero-order valence-corrected chi connectivity index (χ0v) is 8.19. The van der Waals surface area contributed by atoms with Crippen molar-refractivity contribution in [3.05, 3.63) is 35.9 Å². The van der Waals surface area contributed by atoms with Crippen LogP contribution in [-0.2, 0) is 6.42 Å². The van der Waals surface area contributed by atoms with Gasteiger partial charge in [-0.15, -0.1) is 11.8 Å². The molecule has 12 heavy (non-hydrogen) atoms. The Morgan fingerprint density at radius 1 is 1.50 bits per heavy atom. The minimum absolute atomic E-state index is 0.935. The topological polar surface area (TPSA) is 20.2 Å². The smallest absolute Gasteiger partial charge is 0.109 e. The maximum absolute atomic E-state index is 8.94. The molecule has 65 valence electrons. The van der Waals surface area contributed by atoms with Crippen LogP contribution in [-0.4, -0.2) is 11.4 Å². The molecule has 0 heterocycles. The minimum atomic E-state index is 0.935. The lowest BCUT2D eigenvalue weighted by Gasteiger charge is -2.08. The third-order valence-electron chi connectivity index (χ3n) is 1.88. The molecule has 0 aliphatic heterocycles. The quantitative estimate of drug-likeness (QED) is 0.723. The average Bonchev–Trinajstić information content (AvgIpc) is 2.16. The molecular weight excluding hydrogens is 168 g/mol. The number of rotatable bonds is 3. The van der Waals surface area contributed by atoms with Crippen molar-refractivity contribution in [2.75, 3.05) is 6.26 Å². The summed E-state index contributed by atoms with van der Waals surface area (Å²) in [6, 6.07) is 5.97. The van der Waals surface area contributed by atoms with Crippen molar-refractivity contribution >= 4 is 11.8 Å². The number of hydrogen-bond acceptors (Lipinski definition) is 2. The summed E-state index contributed by atoms with van der Waals surface area (Å²) in [5.74, 6) is 0. The van der Waals surface area contributed by atoms with Crippen molar-refractivity contribution in [3.8, 4) is 0 Å². The fourth-order valence-electron chi connectivity index (χ4n) is 1.27. The highest BCUT2D eigenvalue weighted by Crippen LogP contribution is 2.24. The van der Waals surface area contributed by atoms with E-state index in [1.165, 1.54) is 17.1 Å². The van der Waals surface area contributed by atoms with Crippen LogP contribution in [0.3, 0.4) is 0 Å². The van der Waals surface area contributed by atoms with E-state index < -0.39 is 0 Å². The summed E-state index contributed by atoms with van der Waals surface area (Å²) in [7, 11) is 0. The second-order valence-electron chi connectivity index (χ2n) is 2.51. The minimum Gasteiger partial charge on any atom is -0.385 e. The molecule has 1 rings (SSSR count). The molecule has 1 N–H and O–H groups in total. The zero-order valence-electron chi connectivity index (χ0n) is 7.37.